The largest absolute Gasteiger partial charge is 0.493 e. The van der Waals surface area contributed by atoms with E-state index in [1.54, 1.807) is 26.2 Å². The van der Waals surface area contributed by atoms with Crippen molar-refractivity contribution in [2.45, 2.75) is 13.0 Å². The molecule has 0 saturated carbocycles. The maximum absolute atomic E-state index is 12.3. The van der Waals surface area contributed by atoms with Gasteiger partial charge < -0.3 is 20.1 Å². The summed E-state index contributed by atoms with van der Waals surface area (Å²) in [5.74, 6) is 0.656. The summed E-state index contributed by atoms with van der Waals surface area (Å²) in [7, 11) is 4.60. The van der Waals surface area contributed by atoms with Crippen LogP contribution < -0.4 is 25.0 Å². The number of hydrogen-bond acceptors (Lipinski definition) is 5. The molecule has 21 heavy (non-hydrogen) atoms. The summed E-state index contributed by atoms with van der Waals surface area (Å²) in [6, 6.07) is 3.03. The summed E-state index contributed by atoms with van der Waals surface area (Å²) in [5, 5.41) is 5.62. The Bertz CT molecular complexity index is 574. The highest BCUT2D eigenvalue weighted by molar-refractivity contribution is 6.08. The first kappa shape index (κ1) is 15.0. The second-order valence-corrected chi connectivity index (χ2v) is 4.69. The molecule has 0 saturated heterocycles. The molecule has 0 radical (unpaired) electrons. The van der Waals surface area contributed by atoms with Crippen LogP contribution in [0.1, 0.15) is 6.92 Å². The van der Waals surface area contributed by atoms with E-state index in [2.05, 4.69) is 10.6 Å². The molecule has 0 bridgehead atoms. The van der Waals surface area contributed by atoms with E-state index < -0.39 is 6.04 Å². The minimum Gasteiger partial charge on any atom is -0.493 e. The fourth-order valence-corrected chi connectivity index (χ4v) is 2.24. The van der Waals surface area contributed by atoms with Crippen LogP contribution in [0.5, 0.6) is 11.5 Å². The van der Waals surface area contributed by atoms with E-state index in [0.717, 1.165) is 5.69 Å². The molecule has 7 nitrogen and oxygen atoms in total. The molecule has 0 aliphatic carbocycles. The Kier molecular flexibility index (Phi) is 4.21. The van der Waals surface area contributed by atoms with Gasteiger partial charge in [0.2, 0.25) is 11.8 Å². The number of carbonyl (C=O) groups is 2. The average molecular weight is 293 g/mol. The van der Waals surface area contributed by atoms with Gasteiger partial charge in [0.1, 0.15) is 12.6 Å². The highest BCUT2D eigenvalue weighted by atomic mass is 16.5. The third kappa shape index (κ3) is 2.72. The third-order valence-corrected chi connectivity index (χ3v) is 3.38. The van der Waals surface area contributed by atoms with Crippen LogP contribution in [0.25, 0.3) is 0 Å². The Morgan fingerprint density at radius 2 is 1.95 bits per heavy atom. The van der Waals surface area contributed by atoms with E-state index in [4.69, 9.17) is 9.47 Å². The van der Waals surface area contributed by atoms with Crippen LogP contribution in [0.3, 0.4) is 0 Å². The number of anilines is 2. The average Bonchev–Trinajstić information content (AvgIpc) is 2.50. The molecule has 2 N–H and O–H groups in total. The lowest BCUT2D eigenvalue weighted by Gasteiger charge is -2.34. The molecule has 2 amide bonds. The predicted octanol–water partition coefficient (Wildman–Crippen LogP) is 0.597. The van der Waals surface area contributed by atoms with Crippen molar-refractivity contribution in [3.05, 3.63) is 12.1 Å². The summed E-state index contributed by atoms with van der Waals surface area (Å²) >= 11 is 0. The van der Waals surface area contributed by atoms with Crippen molar-refractivity contribution < 1.29 is 19.1 Å². The zero-order chi connectivity index (χ0) is 15.6. The van der Waals surface area contributed by atoms with Crippen LogP contribution >= 0.6 is 0 Å². The topological polar surface area (TPSA) is 79.9 Å². The molecule has 0 aromatic heterocycles. The Morgan fingerprint density at radius 3 is 2.52 bits per heavy atom. The Morgan fingerprint density at radius 1 is 1.33 bits per heavy atom. The van der Waals surface area contributed by atoms with Crippen molar-refractivity contribution in [2.75, 3.05) is 38.0 Å². The molecule has 1 aliphatic rings. The molecular formula is C14H19N3O4. The quantitative estimate of drug-likeness (QED) is 0.849. The van der Waals surface area contributed by atoms with Gasteiger partial charge in [0.05, 0.1) is 25.6 Å². The summed E-state index contributed by atoms with van der Waals surface area (Å²) < 4.78 is 10.5. The number of methoxy groups -OCH3 is 2. The Balaban J connectivity index is 2.49. The fourth-order valence-electron chi connectivity index (χ4n) is 2.24. The molecule has 7 heteroatoms. The van der Waals surface area contributed by atoms with Crippen molar-refractivity contribution in [1.82, 2.24) is 5.32 Å². The maximum Gasteiger partial charge on any atom is 0.249 e. The lowest BCUT2D eigenvalue weighted by Crippen LogP contribution is -2.49. The van der Waals surface area contributed by atoms with Crippen molar-refractivity contribution in [2.24, 2.45) is 0 Å². The van der Waals surface area contributed by atoms with Crippen molar-refractivity contribution in [1.29, 1.82) is 0 Å². The second kappa shape index (κ2) is 5.90. The zero-order valence-corrected chi connectivity index (χ0v) is 12.5. The number of ether oxygens (including phenoxy) is 2. The molecule has 1 atom stereocenters. The molecule has 1 unspecified atom stereocenters. The van der Waals surface area contributed by atoms with Crippen LogP contribution in [0.15, 0.2) is 12.1 Å². The lowest BCUT2D eigenvalue weighted by atomic mass is 10.1. The number of carbonyl (C=O) groups excluding carboxylic acids is 2. The molecule has 1 heterocycles. The second-order valence-electron chi connectivity index (χ2n) is 4.69. The van der Waals surface area contributed by atoms with Crippen LogP contribution in [0.2, 0.25) is 0 Å². The lowest BCUT2D eigenvalue weighted by molar-refractivity contribution is -0.123. The zero-order valence-electron chi connectivity index (χ0n) is 12.5. The number of amides is 2. The highest BCUT2D eigenvalue weighted by Crippen LogP contribution is 2.40. The Labute approximate surface area is 123 Å². The van der Waals surface area contributed by atoms with Crippen LogP contribution in [0.4, 0.5) is 11.4 Å². The summed E-state index contributed by atoms with van der Waals surface area (Å²) in [5.41, 5.74) is 1.32. The minimum absolute atomic E-state index is 0.0379. The van der Waals surface area contributed by atoms with Crippen LogP contribution in [0, 0.1) is 0 Å². The first-order valence-corrected chi connectivity index (χ1v) is 6.56. The number of likely N-dealkylation sites (N-methyl/N-ethyl adjacent to an activating group) is 1. The van der Waals surface area contributed by atoms with E-state index in [0.29, 0.717) is 17.2 Å². The van der Waals surface area contributed by atoms with Crippen molar-refractivity contribution in [3.8, 4) is 11.5 Å². The normalized spacial score (nSPS) is 16.9. The molecule has 1 aromatic carbocycles. The van der Waals surface area contributed by atoms with Gasteiger partial charge in [-0.3, -0.25) is 14.5 Å². The standard InChI is InChI=1S/C14H19N3O4/c1-8-14(19)17(7-13(18)15-2)10-6-12(21-4)11(20-3)5-9(10)16-8/h5-6,8,16H,7H2,1-4H3,(H,15,18). The molecule has 0 spiro atoms. The number of benzene rings is 1. The Hall–Kier alpha value is -2.44. The van der Waals surface area contributed by atoms with Gasteiger partial charge >= 0.3 is 0 Å². The van der Waals surface area contributed by atoms with Gasteiger partial charge in [0.25, 0.3) is 0 Å². The van der Waals surface area contributed by atoms with Crippen molar-refractivity contribution >= 4 is 23.2 Å². The number of nitrogens with zero attached hydrogens (tertiary/aromatic N) is 1. The molecule has 1 aromatic rings. The SMILES string of the molecule is CNC(=O)CN1C(=O)C(C)Nc2cc(OC)c(OC)cc21. The van der Waals surface area contributed by atoms with Gasteiger partial charge in [0.15, 0.2) is 11.5 Å². The predicted molar refractivity (Wildman–Crippen MR) is 79.1 cm³/mol. The minimum atomic E-state index is -0.416. The van der Waals surface area contributed by atoms with Crippen LogP contribution in [-0.2, 0) is 9.59 Å². The molecule has 114 valence electrons. The summed E-state index contributed by atoms with van der Waals surface area (Å²) in [6.07, 6.45) is 0. The van der Waals surface area contributed by atoms with Gasteiger partial charge in [-0.05, 0) is 6.92 Å². The molecular weight excluding hydrogens is 274 g/mol. The van der Waals surface area contributed by atoms with Gasteiger partial charge in [-0.1, -0.05) is 0 Å². The smallest absolute Gasteiger partial charge is 0.249 e. The van der Waals surface area contributed by atoms with Gasteiger partial charge in [-0.15, -0.1) is 0 Å². The highest BCUT2D eigenvalue weighted by Gasteiger charge is 2.32. The summed E-state index contributed by atoms with van der Waals surface area (Å²) in [6.45, 7) is 1.71. The molecule has 2 rings (SSSR count). The van der Waals surface area contributed by atoms with E-state index in [1.165, 1.54) is 19.1 Å². The third-order valence-electron chi connectivity index (χ3n) is 3.38. The fraction of sp³-hybridized carbons (Fsp3) is 0.429. The van der Waals surface area contributed by atoms with E-state index in [-0.39, 0.29) is 18.4 Å². The maximum atomic E-state index is 12.3. The number of nitrogens with one attached hydrogen (secondary N) is 2. The molecule has 0 fully saturated rings. The first-order valence-electron chi connectivity index (χ1n) is 6.56. The monoisotopic (exact) mass is 293 g/mol. The number of rotatable bonds is 4. The summed E-state index contributed by atoms with van der Waals surface area (Å²) in [4.78, 5) is 25.4. The van der Waals surface area contributed by atoms with E-state index >= 15 is 0 Å². The number of fused-ring (bicyclic) bond motifs is 1. The van der Waals surface area contributed by atoms with Gasteiger partial charge in [-0.2, -0.15) is 0 Å². The van der Waals surface area contributed by atoms with Gasteiger partial charge in [-0.25, -0.2) is 0 Å². The van der Waals surface area contributed by atoms with Gasteiger partial charge in [0, 0.05) is 19.2 Å². The van der Waals surface area contributed by atoms with Crippen molar-refractivity contribution in [3.63, 3.8) is 0 Å². The number of hydrogen-bond donors (Lipinski definition) is 2. The van der Waals surface area contributed by atoms with E-state index in [9.17, 15) is 9.59 Å². The molecule has 1 aliphatic heterocycles. The van der Waals surface area contributed by atoms with E-state index in [1.807, 2.05) is 0 Å². The van der Waals surface area contributed by atoms with Crippen LogP contribution in [-0.4, -0.2) is 45.7 Å². The first-order chi connectivity index (χ1) is 10.0.